The van der Waals surface area contributed by atoms with Gasteiger partial charge in [0.1, 0.15) is 23.9 Å². The highest BCUT2D eigenvalue weighted by Gasteiger charge is 2.37. The standard InChI is InChI=1S/C28H26FN5O4/c29-21-10-4-3-9-20(21)27(28(36)30-18-7-1-2-8-18)34(19-13-14-24-25(15-19)38-17-37-24)26(35)16-33-23-12-6-5-11-22(23)31-32-33/h3-6,9-15,18,27H,1-2,7-8,16-17H2,(H,30,36). The summed E-state index contributed by atoms with van der Waals surface area (Å²) in [6.07, 6.45) is 3.72. The van der Waals surface area contributed by atoms with Gasteiger partial charge in [-0.15, -0.1) is 5.10 Å². The molecule has 1 aliphatic carbocycles. The number of carbonyl (C=O) groups is 2. The van der Waals surface area contributed by atoms with E-state index in [9.17, 15) is 9.59 Å². The topological polar surface area (TPSA) is 98.6 Å². The Morgan fingerprint density at radius 1 is 1.03 bits per heavy atom. The number of rotatable bonds is 7. The molecule has 4 aromatic rings. The summed E-state index contributed by atoms with van der Waals surface area (Å²) in [7, 11) is 0. The maximum Gasteiger partial charge on any atom is 0.249 e. The monoisotopic (exact) mass is 515 g/mol. The molecule has 0 radical (unpaired) electrons. The largest absolute Gasteiger partial charge is 0.454 e. The highest BCUT2D eigenvalue weighted by molar-refractivity contribution is 6.02. The van der Waals surface area contributed by atoms with Gasteiger partial charge in [0.2, 0.25) is 18.6 Å². The Bertz CT molecular complexity index is 1500. The number of carbonyl (C=O) groups excluding carboxylic acids is 2. The molecular formula is C28H26FN5O4. The smallest absolute Gasteiger partial charge is 0.249 e. The molecular weight excluding hydrogens is 489 g/mol. The van der Waals surface area contributed by atoms with E-state index in [0.29, 0.717) is 28.2 Å². The van der Waals surface area contributed by atoms with Crippen molar-refractivity contribution in [3.63, 3.8) is 0 Å². The molecule has 2 heterocycles. The molecule has 2 amide bonds. The first-order valence-corrected chi connectivity index (χ1v) is 12.6. The van der Waals surface area contributed by atoms with E-state index in [0.717, 1.165) is 25.7 Å². The van der Waals surface area contributed by atoms with Gasteiger partial charge in [0, 0.05) is 23.4 Å². The van der Waals surface area contributed by atoms with Gasteiger partial charge in [0.05, 0.1) is 5.52 Å². The third-order valence-electron chi connectivity index (χ3n) is 7.02. The van der Waals surface area contributed by atoms with Crippen LogP contribution < -0.4 is 19.7 Å². The van der Waals surface area contributed by atoms with Crippen molar-refractivity contribution in [1.29, 1.82) is 0 Å². The zero-order valence-corrected chi connectivity index (χ0v) is 20.5. The van der Waals surface area contributed by atoms with E-state index in [1.54, 1.807) is 36.4 Å². The van der Waals surface area contributed by atoms with Gasteiger partial charge in [0.15, 0.2) is 11.5 Å². The predicted molar refractivity (Wildman–Crippen MR) is 137 cm³/mol. The van der Waals surface area contributed by atoms with Crippen LogP contribution in [0.1, 0.15) is 37.3 Å². The van der Waals surface area contributed by atoms with E-state index in [4.69, 9.17) is 9.47 Å². The fraction of sp³-hybridized carbons (Fsp3) is 0.286. The van der Waals surface area contributed by atoms with E-state index in [-0.39, 0.29) is 24.9 Å². The molecule has 0 bridgehead atoms. The molecule has 10 heteroatoms. The summed E-state index contributed by atoms with van der Waals surface area (Å²) >= 11 is 0. The summed E-state index contributed by atoms with van der Waals surface area (Å²) in [4.78, 5) is 29.3. The molecule has 194 valence electrons. The van der Waals surface area contributed by atoms with Crippen LogP contribution >= 0.6 is 0 Å². The van der Waals surface area contributed by atoms with Crippen LogP contribution in [-0.2, 0) is 16.1 Å². The number of fused-ring (bicyclic) bond motifs is 2. The van der Waals surface area contributed by atoms with Crippen molar-refractivity contribution in [1.82, 2.24) is 20.3 Å². The fourth-order valence-electron chi connectivity index (χ4n) is 5.16. The van der Waals surface area contributed by atoms with Gasteiger partial charge < -0.3 is 14.8 Å². The van der Waals surface area contributed by atoms with Crippen molar-refractivity contribution in [3.8, 4) is 11.5 Å². The van der Waals surface area contributed by atoms with Crippen LogP contribution in [-0.4, -0.2) is 39.6 Å². The maximum atomic E-state index is 15.3. The molecule has 38 heavy (non-hydrogen) atoms. The van der Waals surface area contributed by atoms with Crippen LogP contribution in [0.15, 0.2) is 66.7 Å². The predicted octanol–water partition coefficient (Wildman–Crippen LogP) is 4.13. The Morgan fingerprint density at radius 3 is 2.63 bits per heavy atom. The first-order valence-electron chi connectivity index (χ1n) is 12.6. The van der Waals surface area contributed by atoms with E-state index < -0.39 is 23.7 Å². The van der Waals surface area contributed by atoms with Crippen LogP contribution in [0.5, 0.6) is 11.5 Å². The SMILES string of the molecule is O=C(NC1CCCC1)C(c1ccccc1F)N(C(=O)Cn1nnc2ccccc21)c1ccc2c(c1)OCO2. The third kappa shape index (κ3) is 4.53. The first kappa shape index (κ1) is 23.9. The van der Waals surface area contributed by atoms with Crippen LogP contribution in [0, 0.1) is 5.82 Å². The lowest BCUT2D eigenvalue weighted by Crippen LogP contribution is -2.47. The van der Waals surface area contributed by atoms with Crippen LogP contribution in [0.25, 0.3) is 11.0 Å². The molecule has 9 nitrogen and oxygen atoms in total. The van der Waals surface area contributed by atoms with Crippen LogP contribution in [0.2, 0.25) is 0 Å². The van der Waals surface area contributed by atoms with Gasteiger partial charge in [0.25, 0.3) is 0 Å². The molecule has 1 saturated carbocycles. The zero-order valence-electron chi connectivity index (χ0n) is 20.5. The van der Waals surface area contributed by atoms with Gasteiger partial charge in [-0.05, 0) is 43.2 Å². The normalized spacial score (nSPS) is 15.5. The second-order valence-electron chi connectivity index (χ2n) is 9.45. The number of para-hydroxylation sites is 1. The number of nitrogens with zero attached hydrogens (tertiary/aromatic N) is 4. The molecule has 1 fully saturated rings. The van der Waals surface area contributed by atoms with Crippen molar-refractivity contribution in [2.75, 3.05) is 11.7 Å². The molecule has 1 aromatic heterocycles. The fourth-order valence-corrected chi connectivity index (χ4v) is 5.16. The maximum absolute atomic E-state index is 15.3. The second-order valence-corrected chi connectivity index (χ2v) is 9.45. The highest BCUT2D eigenvalue weighted by Crippen LogP contribution is 2.39. The molecule has 2 aliphatic rings. The Morgan fingerprint density at radius 2 is 1.79 bits per heavy atom. The molecule has 1 atom stereocenters. The number of halogens is 1. The molecule has 1 unspecified atom stereocenters. The average Bonchev–Trinajstić information content (AvgIpc) is 3.69. The third-order valence-corrected chi connectivity index (χ3v) is 7.02. The molecule has 0 spiro atoms. The lowest BCUT2D eigenvalue weighted by Gasteiger charge is -2.32. The molecule has 1 aliphatic heterocycles. The summed E-state index contributed by atoms with van der Waals surface area (Å²) < 4.78 is 27.7. The molecule has 1 N–H and O–H groups in total. The van der Waals surface area contributed by atoms with E-state index in [2.05, 4.69) is 15.6 Å². The number of anilines is 1. The molecule has 3 aromatic carbocycles. The number of hydrogen-bond acceptors (Lipinski definition) is 6. The number of amides is 2. The highest BCUT2D eigenvalue weighted by atomic mass is 19.1. The van der Waals surface area contributed by atoms with Crippen molar-refractivity contribution in [3.05, 3.63) is 78.1 Å². The van der Waals surface area contributed by atoms with Crippen LogP contribution in [0.4, 0.5) is 10.1 Å². The Hall–Kier alpha value is -4.47. The number of nitrogens with one attached hydrogen (secondary N) is 1. The summed E-state index contributed by atoms with van der Waals surface area (Å²) in [5, 5.41) is 11.3. The lowest BCUT2D eigenvalue weighted by molar-refractivity contribution is -0.127. The molecule has 0 saturated heterocycles. The van der Waals surface area contributed by atoms with Crippen LogP contribution in [0.3, 0.4) is 0 Å². The van der Waals surface area contributed by atoms with Crippen molar-refractivity contribution >= 4 is 28.5 Å². The lowest BCUT2D eigenvalue weighted by atomic mass is 10.0. The van der Waals surface area contributed by atoms with E-state index in [1.165, 1.54) is 21.7 Å². The number of aromatic nitrogens is 3. The van der Waals surface area contributed by atoms with Gasteiger partial charge in [-0.3, -0.25) is 14.5 Å². The summed E-state index contributed by atoms with van der Waals surface area (Å²) in [5.74, 6) is -0.522. The van der Waals surface area contributed by atoms with E-state index in [1.807, 2.05) is 18.2 Å². The number of hydrogen-bond donors (Lipinski definition) is 1. The quantitative estimate of drug-likeness (QED) is 0.397. The number of benzene rings is 3. The van der Waals surface area contributed by atoms with Gasteiger partial charge in [-0.25, -0.2) is 9.07 Å². The van der Waals surface area contributed by atoms with Crippen molar-refractivity contribution in [2.24, 2.45) is 0 Å². The van der Waals surface area contributed by atoms with Gasteiger partial charge in [-0.2, -0.15) is 0 Å². The van der Waals surface area contributed by atoms with Gasteiger partial charge >= 0.3 is 0 Å². The van der Waals surface area contributed by atoms with Crippen molar-refractivity contribution in [2.45, 2.75) is 44.3 Å². The summed E-state index contributed by atoms with van der Waals surface area (Å²) in [5.41, 5.74) is 1.78. The van der Waals surface area contributed by atoms with E-state index >= 15 is 4.39 Å². The zero-order chi connectivity index (χ0) is 26.1. The van der Waals surface area contributed by atoms with Crippen molar-refractivity contribution < 1.29 is 23.5 Å². The first-order chi connectivity index (χ1) is 18.6. The Balaban J connectivity index is 1.44. The summed E-state index contributed by atoms with van der Waals surface area (Å²) in [6.45, 7) is -0.160. The minimum Gasteiger partial charge on any atom is -0.454 e. The second kappa shape index (κ2) is 10.1. The average molecular weight is 516 g/mol. The summed E-state index contributed by atoms with van der Waals surface area (Å²) in [6, 6.07) is 17.0. The minimum absolute atomic E-state index is 0.0234. The number of ether oxygens (including phenoxy) is 2. The Labute approximate surface area is 218 Å². The minimum atomic E-state index is -1.26. The molecule has 6 rings (SSSR count). The Kier molecular flexibility index (Phi) is 6.36. The van der Waals surface area contributed by atoms with Gasteiger partial charge in [-0.1, -0.05) is 48.4 Å².